The molecule has 8 heteroatoms. The van der Waals surface area contributed by atoms with Crippen LogP contribution in [0.2, 0.25) is 0 Å². The highest BCUT2D eigenvalue weighted by Gasteiger charge is 2.23. The molecule has 2 rings (SSSR count). The number of nitrogens with one attached hydrogen (secondary N) is 2. The molecule has 2 N–H and O–H groups in total. The quantitative estimate of drug-likeness (QED) is 0.786. The van der Waals surface area contributed by atoms with E-state index in [0.717, 1.165) is 11.3 Å². The van der Waals surface area contributed by atoms with Crippen LogP contribution in [-0.4, -0.2) is 37.3 Å². The molecule has 0 aromatic heterocycles. The van der Waals surface area contributed by atoms with Crippen LogP contribution in [0.1, 0.15) is 40.0 Å². The molecule has 0 unspecified atom stereocenters. The van der Waals surface area contributed by atoms with Crippen molar-refractivity contribution in [3.8, 4) is 0 Å². The lowest BCUT2D eigenvalue weighted by molar-refractivity contribution is -0.121. The molecule has 1 aliphatic rings. The first-order chi connectivity index (χ1) is 11.7. The largest absolute Gasteiger partial charge is 0.354 e. The molecule has 0 spiro atoms. The summed E-state index contributed by atoms with van der Waals surface area (Å²) in [5, 5.41) is 5.65. The average Bonchev–Trinajstić information content (AvgIpc) is 2.68. The maximum absolute atomic E-state index is 12.5. The lowest BCUT2D eigenvalue weighted by Gasteiger charge is -2.12. The summed E-state index contributed by atoms with van der Waals surface area (Å²) >= 11 is 1.54. The van der Waals surface area contributed by atoms with Crippen LogP contribution < -0.4 is 10.6 Å². The van der Waals surface area contributed by atoms with E-state index in [9.17, 15) is 18.0 Å². The Balaban J connectivity index is 2.12. The average molecular weight is 385 g/mol. The first-order valence-electron chi connectivity index (χ1n) is 8.34. The van der Waals surface area contributed by atoms with Gasteiger partial charge in [-0.25, -0.2) is 8.42 Å². The maximum Gasteiger partial charge on any atom is 0.225 e. The second-order valence-corrected chi connectivity index (χ2v) is 9.87. The van der Waals surface area contributed by atoms with Gasteiger partial charge < -0.3 is 10.6 Å². The van der Waals surface area contributed by atoms with Gasteiger partial charge in [-0.1, -0.05) is 13.8 Å². The zero-order valence-electron chi connectivity index (χ0n) is 14.7. The van der Waals surface area contributed by atoms with Gasteiger partial charge in [0.25, 0.3) is 0 Å². The van der Waals surface area contributed by atoms with Gasteiger partial charge in [-0.15, -0.1) is 11.8 Å². The normalized spacial score (nSPS) is 18.7. The molecule has 1 aromatic rings. The molecule has 0 saturated heterocycles. The van der Waals surface area contributed by atoms with Gasteiger partial charge in [-0.2, -0.15) is 0 Å². The molecule has 6 nitrogen and oxygen atoms in total. The summed E-state index contributed by atoms with van der Waals surface area (Å²) in [7, 11) is -3.60. The Labute approximate surface area is 153 Å². The third kappa shape index (κ3) is 5.47. The lowest BCUT2D eigenvalue weighted by atomic mass is 10.2. The number of rotatable bonds is 6. The fraction of sp³-hybridized carbons (Fsp3) is 0.529. The summed E-state index contributed by atoms with van der Waals surface area (Å²) in [6.07, 6.45) is 1.10. The van der Waals surface area contributed by atoms with E-state index < -0.39 is 9.84 Å². The van der Waals surface area contributed by atoms with Crippen molar-refractivity contribution in [1.29, 1.82) is 0 Å². The zero-order chi connectivity index (χ0) is 18.6. The summed E-state index contributed by atoms with van der Waals surface area (Å²) < 4.78 is 25.0. The summed E-state index contributed by atoms with van der Waals surface area (Å²) in [6, 6.07) is 4.77. The molecule has 2 atom stereocenters. The predicted molar refractivity (Wildman–Crippen MR) is 99.6 cm³/mol. The molecule has 0 saturated carbocycles. The van der Waals surface area contributed by atoms with Crippen LogP contribution in [-0.2, 0) is 19.4 Å². The van der Waals surface area contributed by atoms with Crippen molar-refractivity contribution in [1.82, 2.24) is 5.32 Å². The van der Waals surface area contributed by atoms with Crippen LogP contribution in [0.4, 0.5) is 5.69 Å². The Bertz CT molecular complexity index is 762. The fourth-order valence-electron chi connectivity index (χ4n) is 2.42. The third-order valence-electron chi connectivity index (χ3n) is 4.00. The van der Waals surface area contributed by atoms with E-state index >= 15 is 0 Å². The van der Waals surface area contributed by atoms with E-state index in [2.05, 4.69) is 10.6 Å². The van der Waals surface area contributed by atoms with Crippen molar-refractivity contribution in [3.63, 3.8) is 0 Å². The molecular weight excluding hydrogens is 360 g/mol. The molecule has 0 fully saturated rings. The SMILES string of the molecule is CC[C@@H](C)NC(=O)CCS(=O)(=O)c1ccc2c(c1)NC(=O)C[C@H](C)S2. The number of carbonyl (C=O) groups excluding carboxylic acids is 2. The van der Waals surface area contributed by atoms with Gasteiger partial charge in [-0.05, 0) is 31.5 Å². The molecule has 0 bridgehead atoms. The monoisotopic (exact) mass is 384 g/mol. The van der Waals surface area contributed by atoms with E-state index in [1.807, 2.05) is 20.8 Å². The molecule has 1 aliphatic heterocycles. The van der Waals surface area contributed by atoms with E-state index in [-0.39, 0.29) is 40.2 Å². The number of anilines is 1. The highest BCUT2D eigenvalue weighted by atomic mass is 32.2. The second-order valence-electron chi connectivity index (χ2n) is 6.28. The van der Waals surface area contributed by atoms with Gasteiger partial charge in [0.2, 0.25) is 11.8 Å². The van der Waals surface area contributed by atoms with Gasteiger partial charge in [0.05, 0.1) is 16.3 Å². The van der Waals surface area contributed by atoms with Crippen LogP contribution in [0.15, 0.2) is 28.0 Å². The van der Waals surface area contributed by atoms with Gasteiger partial charge in [0.1, 0.15) is 0 Å². The molecule has 0 radical (unpaired) electrons. The number of carbonyl (C=O) groups is 2. The molecule has 0 aliphatic carbocycles. The predicted octanol–water partition coefficient (Wildman–Crippen LogP) is 2.59. The number of hydrogen-bond acceptors (Lipinski definition) is 5. The number of sulfone groups is 1. The van der Waals surface area contributed by atoms with Crippen LogP contribution in [0, 0.1) is 0 Å². The maximum atomic E-state index is 12.5. The number of hydrogen-bond donors (Lipinski definition) is 2. The molecule has 138 valence electrons. The van der Waals surface area contributed by atoms with Crippen molar-refractivity contribution in [2.24, 2.45) is 0 Å². The van der Waals surface area contributed by atoms with Crippen molar-refractivity contribution in [2.75, 3.05) is 11.1 Å². The Morgan fingerprint density at radius 3 is 2.84 bits per heavy atom. The Morgan fingerprint density at radius 1 is 1.44 bits per heavy atom. The summed E-state index contributed by atoms with van der Waals surface area (Å²) in [5.41, 5.74) is 0.518. The topological polar surface area (TPSA) is 92.3 Å². The van der Waals surface area contributed by atoms with Crippen molar-refractivity contribution in [2.45, 2.75) is 61.1 Å². The minimum absolute atomic E-state index is 0.0249. The van der Waals surface area contributed by atoms with Crippen molar-refractivity contribution in [3.05, 3.63) is 18.2 Å². The molecule has 1 aromatic carbocycles. The standard InChI is InChI=1S/C17H24N2O4S2/c1-4-11(2)18-16(20)7-8-25(22,23)13-5-6-15-14(10-13)19-17(21)9-12(3)24-15/h5-6,10-12H,4,7-9H2,1-3H3,(H,18,20)(H,19,21)/t11-,12+/m1/s1. The molecule has 1 heterocycles. The van der Waals surface area contributed by atoms with Crippen LogP contribution >= 0.6 is 11.8 Å². The Kier molecular flexibility index (Phi) is 6.51. The number of fused-ring (bicyclic) bond motifs is 1. The van der Waals surface area contributed by atoms with Crippen LogP contribution in [0.3, 0.4) is 0 Å². The molecular formula is C17H24N2O4S2. The van der Waals surface area contributed by atoms with Gasteiger partial charge in [0, 0.05) is 29.0 Å². The van der Waals surface area contributed by atoms with Crippen LogP contribution in [0.5, 0.6) is 0 Å². The van der Waals surface area contributed by atoms with Gasteiger partial charge in [0.15, 0.2) is 9.84 Å². The minimum Gasteiger partial charge on any atom is -0.354 e. The minimum atomic E-state index is -3.60. The number of amides is 2. The van der Waals surface area contributed by atoms with Crippen molar-refractivity contribution < 1.29 is 18.0 Å². The smallest absolute Gasteiger partial charge is 0.225 e. The van der Waals surface area contributed by atoms with Gasteiger partial charge >= 0.3 is 0 Å². The van der Waals surface area contributed by atoms with Gasteiger partial charge in [-0.3, -0.25) is 9.59 Å². The molecule has 25 heavy (non-hydrogen) atoms. The highest BCUT2D eigenvalue weighted by Crippen LogP contribution is 2.36. The second kappa shape index (κ2) is 8.23. The summed E-state index contributed by atoms with van der Waals surface area (Å²) in [5.74, 6) is -0.655. The first-order valence-corrected chi connectivity index (χ1v) is 10.9. The van der Waals surface area contributed by atoms with Crippen molar-refractivity contribution >= 4 is 39.1 Å². The number of benzene rings is 1. The Morgan fingerprint density at radius 2 is 2.16 bits per heavy atom. The Hall–Kier alpha value is -1.54. The van der Waals surface area contributed by atoms with E-state index in [4.69, 9.17) is 0 Å². The summed E-state index contributed by atoms with van der Waals surface area (Å²) in [4.78, 5) is 24.6. The highest BCUT2D eigenvalue weighted by molar-refractivity contribution is 8.00. The summed E-state index contributed by atoms with van der Waals surface area (Å²) in [6.45, 7) is 5.78. The number of thioether (sulfide) groups is 1. The van der Waals surface area contributed by atoms with Crippen LogP contribution in [0.25, 0.3) is 0 Å². The third-order valence-corrected chi connectivity index (χ3v) is 6.90. The van der Waals surface area contributed by atoms with E-state index in [1.54, 1.807) is 17.8 Å². The van der Waals surface area contributed by atoms with E-state index in [0.29, 0.717) is 12.1 Å². The zero-order valence-corrected chi connectivity index (χ0v) is 16.3. The first kappa shape index (κ1) is 19.8. The van der Waals surface area contributed by atoms with E-state index in [1.165, 1.54) is 12.1 Å². The fourth-order valence-corrected chi connectivity index (χ4v) is 4.73. The molecule has 2 amide bonds. The lowest BCUT2D eigenvalue weighted by Crippen LogP contribution is -2.33.